The van der Waals surface area contributed by atoms with Crippen LogP contribution in [0, 0.1) is 0 Å². The molecule has 1 amide bonds. The number of ether oxygens (including phenoxy) is 1. The Morgan fingerprint density at radius 1 is 1.15 bits per heavy atom. The van der Waals surface area contributed by atoms with E-state index in [2.05, 4.69) is 5.32 Å². The first-order valence-corrected chi connectivity index (χ1v) is 9.62. The Morgan fingerprint density at radius 3 is 2.88 bits per heavy atom. The van der Waals surface area contributed by atoms with E-state index in [0.29, 0.717) is 18.6 Å². The van der Waals surface area contributed by atoms with Gasteiger partial charge in [0.15, 0.2) is 0 Å². The molecule has 1 heterocycles. The summed E-state index contributed by atoms with van der Waals surface area (Å²) in [5, 5.41) is 11.9. The molecule has 2 N–H and O–H groups in total. The maximum atomic E-state index is 11.4. The van der Waals surface area contributed by atoms with Gasteiger partial charge in [-0.15, -0.1) is 11.8 Å². The fourth-order valence-corrected chi connectivity index (χ4v) is 3.72. The van der Waals surface area contributed by atoms with Crippen LogP contribution in [0.1, 0.15) is 35.2 Å². The van der Waals surface area contributed by atoms with Crippen LogP contribution in [0.25, 0.3) is 0 Å². The van der Waals surface area contributed by atoms with Gasteiger partial charge in [-0.1, -0.05) is 6.07 Å². The van der Waals surface area contributed by atoms with E-state index >= 15 is 0 Å². The number of fused-ring (bicyclic) bond motifs is 1. The predicted octanol–water partition coefficient (Wildman–Crippen LogP) is 4.22. The molecule has 0 aliphatic carbocycles. The Kier molecular flexibility index (Phi) is 6.17. The lowest BCUT2D eigenvalue weighted by atomic mass is 10.0. The lowest BCUT2D eigenvalue weighted by molar-refractivity contribution is -0.116. The molecule has 5 nitrogen and oxygen atoms in total. The third-order valence-corrected chi connectivity index (χ3v) is 5.21. The third kappa shape index (κ3) is 5.02. The number of rotatable bonds is 8. The number of hydrogen-bond acceptors (Lipinski definition) is 4. The second kappa shape index (κ2) is 8.76. The molecule has 0 unspecified atom stereocenters. The van der Waals surface area contributed by atoms with Gasteiger partial charge in [0.25, 0.3) is 0 Å². The Labute approximate surface area is 156 Å². The molecule has 0 atom stereocenters. The van der Waals surface area contributed by atoms with Crippen LogP contribution in [-0.4, -0.2) is 29.3 Å². The number of carboxylic acids is 1. The molecule has 136 valence electrons. The molecule has 2 aromatic rings. The van der Waals surface area contributed by atoms with E-state index in [9.17, 15) is 9.59 Å². The highest BCUT2D eigenvalue weighted by molar-refractivity contribution is 7.99. The molecule has 0 aromatic heterocycles. The summed E-state index contributed by atoms with van der Waals surface area (Å²) < 4.78 is 5.80. The van der Waals surface area contributed by atoms with Crippen LogP contribution in [0.15, 0.2) is 47.4 Å². The van der Waals surface area contributed by atoms with Crippen LogP contribution < -0.4 is 10.1 Å². The zero-order valence-electron chi connectivity index (χ0n) is 14.4. The van der Waals surface area contributed by atoms with E-state index in [1.807, 2.05) is 24.3 Å². The van der Waals surface area contributed by atoms with Crippen molar-refractivity contribution in [3.63, 3.8) is 0 Å². The summed E-state index contributed by atoms with van der Waals surface area (Å²) in [6, 6.07) is 12.8. The van der Waals surface area contributed by atoms with Gasteiger partial charge in [-0.2, -0.15) is 0 Å². The quantitative estimate of drug-likeness (QED) is 0.537. The summed E-state index contributed by atoms with van der Waals surface area (Å²) in [5.41, 5.74) is 2.33. The fourth-order valence-electron chi connectivity index (χ4n) is 2.75. The molecule has 0 radical (unpaired) electrons. The van der Waals surface area contributed by atoms with Crippen molar-refractivity contribution in [1.29, 1.82) is 0 Å². The second-order valence-corrected chi connectivity index (χ2v) is 7.27. The van der Waals surface area contributed by atoms with Gasteiger partial charge in [-0.25, -0.2) is 4.79 Å². The van der Waals surface area contributed by atoms with E-state index in [1.165, 1.54) is 0 Å². The third-order valence-electron chi connectivity index (χ3n) is 4.13. The number of nitrogens with one attached hydrogen (secondary N) is 1. The van der Waals surface area contributed by atoms with Crippen molar-refractivity contribution in [1.82, 2.24) is 0 Å². The number of carboxylic acid groups (broad SMARTS) is 1. The number of amides is 1. The normalized spacial score (nSPS) is 13.0. The van der Waals surface area contributed by atoms with Crippen LogP contribution in [0.3, 0.4) is 0 Å². The van der Waals surface area contributed by atoms with Crippen molar-refractivity contribution in [2.24, 2.45) is 0 Å². The van der Waals surface area contributed by atoms with Gasteiger partial charge in [-0.3, -0.25) is 4.79 Å². The van der Waals surface area contributed by atoms with Crippen LogP contribution >= 0.6 is 11.8 Å². The Morgan fingerprint density at radius 2 is 2.04 bits per heavy atom. The first-order chi connectivity index (χ1) is 12.6. The zero-order valence-corrected chi connectivity index (χ0v) is 15.2. The number of carbonyl (C=O) groups is 2. The van der Waals surface area contributed by atoms with E-state index in [-0.39, 0.29) is 5.91 Å². The Balaban J connectivity index is 1.38. The van der Waals surface area contributed by atoms with E-state index in [1.54, 1.807) is 30.0 Å². The van der Waals surface area contributed by atoms with Crippen LogP contribution in [0.5, 0.6) is 5.75 Å². The second-order valence-electron chi connectivity index (χ2n) is 6.10. The lowest BCUT2D eigenvalue weighted by Crippen LogP contribution is -2.18. The summed E-state index contributed by atoms with van der Waals surface area (Å²) in [4.78, 5) is 23.3. The molecule has 2 aromatic carbocycles. The van der Waals surface area contributed by atoms with Gasteiger partial charge in [0.1, 0.15) is 5.75 Å². The molecule has 3 rings (SSSR count). The fraction of sp³-hybridized carbons (Fsp3) is 0.300. The van der Waals surface area contributed by atoms with Crippen LogP contribution in [0.4, 0.5) is 5.69 Å². The highest BCUT2D eigenvalue weighted by atomic mass is 32.2. The Hall–Kier alpha value is -2.47. The summed E-state index contributed by atoms with van der Waals surface area (Å²) in [7, 11) is 0. The summed E-state index contributed by atoms with van der Waals surface area (Å²) >= 11 is 1.66. The molecule has 0 saturated heterocycles. The maximum Gasteiger partial charge on any atom is 0.335 e. The van der Waals surface area contributed by atoms with E-state index < -0.39 is 5.97 Å². The molecular formula is C20H21NO4S. The monoisotopic (exact) mass is 371 g/mol. The van der Waals surface area contributed by atoms with Crippen molar-refractivity contribution in [2.75, 3.05) is 17.7 Å². The van der Waals surface area contributed by atoms with Crippen molar-refractivity contribution in [3.05, 3.63) is 53.6 Å². The lowest BCUT2D eigenvalue weighted by Gasteiger charge is -2.17. The number of hydrogen-bond donors (Lipinski definition) is 2. The highest BCUT2D eigenvalue weighted by Gasteiger charge is 2.14. The average Bonchev–Trinajstić information content (AvgIpc) is 2.64. The van der Waals surface area contributed by atoms with Gasteiger partial charge in [0, 0.05) is 17.0 Å². The number of benzene rings is 2. The summed E-state index contributed by atoms with van der Waals surface area (Å²) in [6.45, 7) is 0.640. The number of unbranched alkanes of at least 4 members (excludes halogenated alkanes) is 1. The van der Waals surface area contributed by atoms with E-state index in [0.717, 1.165) is 46.9 Å². The van der Waals surface area contributed by atoms with Gasteiger partial charge in [-0.05, 0) is 67.0 Å². The average molecular weight is 371 g/mol. The number of aryl methyl sites for hydroxylation is 1. The van der Waals surface area contributed by atoms with Crippen molar-refractivity contribution in [2.45, 2.75) is 30.6 Å². The predicted molar refractivity (Wildman–Crippen MR) is 102 cm³/mol. The van der Waals surface area contributed by atoms with Crippen molar-refractivity contribution >= 4 is 29.3 Å². The number of thioether (sulfide) groups is 1. The maximum absolute atomic E-state index is 11.4. The van der Waals surface area contributed by atoms with Gasteiger partial charge in [0.2, 0.25) is 5.91 Å². The molecule has 6 heteroatoms. The SMILES string of the molecule is O=C1CCc2cc(OCCCCSc3cccc(C(=O)O)c3)ccc2N1. The number of aromatic carboxylic acids is 1. The highest BCUT2D eigenvalue weighted by Crippen LogP contribution is 2.27. The van der Waals surface area contributed by atoms with Gasteiger partial charge >= 0.3 is 5.97 Å². The minimum atomic E-state index is -0.898. The molecule has 0 spiro atoms. The van der Waals surface area contributed by atoms with Crippen molar-refractivity contribution < 1.29 is 19.4 Å². The first-order valence-electron chi connectivity index (χ1n) is 8.63. The van der Waals surface area contributed by atoms with Crippen molar-refractivity contribution in [3.8, 4) is 5.75 Å². The molecule has 0 bridgehead atoms. The molecular weight excluding hydrogens is 350 g/mol. The van der Waals surface area contributed by atoms with Crippen LogP contribution in [-0.2, 0) is 11.2 Å². The van der Waals surface area contributed by atoms with Gasteiger partial charge in [0.05, 0.1) is 12.2 Å². The minimum Gasteiger partial charge on any atom is -0.494 e. The topological polar surface area (TPSA) is 75.6 Å². The number of carbonyl (C=O) groups excluding carboxylic acids is 1. The van der Waals surface area contributed by atoms with E-state index in [4.69, 9.17) is 9.84 Å². The standard InChI is InChI=1S/C20H21NO4S/c22-19-9-6-14-12-16(7-8-18(14)21-19)25-10-1-2-11-26-17-5-3-4-15(13-17)20(23)24/h3-5,7-8,12-13H,1-2,6,9-11H2,(H,21,22)(H,23,24). The molecule has 26 heavy (non-hydrogen) atoms. The minimum absolute atomic E-state index is 0.0672. The molecule has 1 aliphatic heterocycles. The smallest absolute Gasteiger partial charge is 0.335 e. The first kappa shape index (κ1) is 18.3. The zero-order chi connectivity index (χ0) is 18.4. The van der Waals surface area contributed by atoms with Gasteiger partial charge < -0.3 is 15.2 Å². The molecule has 0 saturated carbocycles. The van der Waals surface area contributed by atoms with Crippen LogP contribution in [0.2, 0.25) is 0 Å². The molecule has 1 aliphatic rings. The largest absolute Gasteiger partial charge is 0.494 e. The molecule has 0 fully saturated rings. The Bertz CT molecular complexity index is 806. The summed E-state index contributed by atoms with van der Waals surface area (Å²) in [5.74, 6) is 0.924. The number of anilines is 1. The summed E-state index contributed by atoms with van der Waals surface area (Å²) in [6.07, 6.45) is 3.20.